The van der Waals surface area contributed by atoms with Gasteiger partial charge < -0.3 is 10.6 Å². The van der Waals surface area contributed by atoms with Crippen molar-refractivity contribution in [3.05, 3.63) is 76.8 Å². The van der Waals surface area contributed by atoms with Crippen LogP contribution in [0, 0.1) is 12.7 Å². The van der Waals surface area contributed by atoms with Crippen molar-refractivity contribution in [3.63, 3.8) is 0 Å². The number of carbonyl (C=O) groups excluding carboxylic acids is 1. The fraction of sp³-hybridized carbons (Fsp3) is 0.0556. The largest absolute Gasteiger partial charge is 0.324 e. The van der Waals surface area contributed by atoms with Gasteiger partial charge in [0, 0.05) is 28.8 Å². The summed E-state index contributed by atoms with van der Waals surface area (Å²) in [6.07, 6.45) is 2.79. The molecule has 0 aliphatic heterocycles. The molecule has 1 heterocycles. The van der Waals surface area contributed by atoms with Gasteiger partial charge in [-0.1, -0.05) is 23.7 Å². The fourth-order valence-corrected chi connectivity index (χ4v) is 2.30. The number of nitrogens with zero attached hydrogens (tertiary/aromatic N) is 2. The van der Waals surface area contributed by atoms with Gasteiger partial charge in [-0.05, 0) is 42.8 Å². The van der Waals surface area contributed by atoms with Crippen LogP contribution in [0.25, 0.3) is 0 Å². The smallest absolute Gasteiger partial charge is 0.258 e. The van der Waals surface area contributed by atoms with Crippen LogP contribution in [-0.2, 0) is 0 Å². The number of hydrogen-bond donors (Lipinski definition) is 2. The first-order valence-corrected chi connectivity index (χ1v) is 7.81. The Balaban J connectivity index is 1.71. The number of aromatic nitrogens is 2. The van der Waals surface area contributed by atoms with Crippen molar-refractivity contribution >= 4 is 34.8 Å². The molecule has 2 N–H and O–H groups in total. The van der Waals surface area contributed by atoms with Crippen molar-refractivity contribution in [1.82, 2.24) is 9.97 Å². The fourth-order valence-electron chi connectivity index (χ4n) is 2.13. The van der Waals surface area contributed by atoms with Crippen LogP contribution in [0.2, 0.25) is 5.02 Å². The lowest BCUT2D eigenvalue weighted by molar-refractivity contribution is 0.102. The van der Waals surface area contributed by atoms with Crippen LogP contribution in [0.3, 0.4) is 0 Å². The first-order valence-electron chi connectivity index (χ1n) is 7.43. The topological polar surface area (TPSA) is 66.9 Å². The average Bonchev–Trinajstić information content (AvgIpc) is 2.59. The number of carbonyl (C=O) groups is 1. The van der Waals surface area contributed by atoms with Crippen molar-refractivity contribution in [2.75, 3.05) is 10.6 Å². The van der Waals surface area contributed by atoms with E-state index in [1.807, 2.05) is 13.0 Å². The monoisotopic (exact) mass is 356 g/mol. The van der Waals surface area contributed by atoms with Gasteiger partial charge in [0.1, 0.15) is 5.82 Å². The van der Waals surface area contributed by atoms with E-state index < -0.39 is 0 Å². The van der Waals surface area contributed by atoms with Gasteiger partial charge >= 0.3 is 0 Å². The summed E-state index contributed by atoms with van der Waals surface area (Å²) in [4.78, 5) is 20.4. The van der Waals surface area contributed by atoms with E-state index in [2.05, 4.69) is 20.6 Å². The van der Waals surface area contributed by atoms with Gasteiger partial charge in [-0.15, -0.1) is 0 Å². The van der Waals surface area contributed by atoms with Gasteiger partial charge in [-0.2, -0.15) is 0 Å². The van der Waals surface area contributed by atoms with Crippen molar-refractivity contribution in [2.45, 2.75) is 6.92 Å². The van der Waals surface area contributed by atoms with Crippen LogP contribution in [0.15, 0.2) is 54.9 Å². The van der Waals surface area contributed by atoms with Crippen molar-refractivity contribution in [3.8, 4) is 0 Å². The lowest BCUT2D eigenvalue weighted by Gasteiger charge is -2.09. The third-order valence-corrected chi connectivity index (χ3v) is 3.68. The quantitative estimate of drug-likeness (QED) is 0.718. The first kappa shape index (κ1) is 16.9. The zero-order chi connectivity index (χ0) is 17.8. The Kier molecular flexibility index (Phi) is 4.90. The van der Waals surface area contributed by atoms with Gasteiger partial charge in [0.2, 0.25) is 5.95 Å². The number of benzene rings is 2. The lowest BCUT2D eigenvalue weighted by Crippen LogP contribution is -2.14. The second-order valence-electron chi connectivity index (χ2n) is 5.34. The summed E-state index contributed by atoms with van der Waals surface area (Å²) in [6, 6.07) is 11.2. The molecule has 1 aromatic heterocycles. The second kappa shape index (κ2) is 7.27. The molecule has 0 saturated heterocycles. The Morgan fingerprint density at radius 1 is 1.12 bits per heavy atom. The number of nitrogens with one attached hydrogen (secondary N) is 2. The molecule has 0 saturated carbocycles. The Morgan fingerprint density at radius 2 is 1.88 bits per heavy atom. The summed E-state index contributed by atoms with van der Waals surface area (Å²) >= 11 is 5.94. The summed E-state index contributed by atoms with van der Waals surface area (Å²) in [5, 5.41) is 6.17. The number of amides is 1. The highest BCUT2D eigenvalue weighted by Gasteiger charge is 2.10. The number of hydrogen-bond acceptors (Lipinski definition) is 4. The molecule has 3 rings (SSSR count). The van der Waals surface area contributed by atoms with Crippen molar-refractivity contribution in [2.24, 2.45) is 0 Å². The number of rotatable bonds is 4. The zero-order valence-electron chi connectivity index (χ0n) is 13.3. The molecule has 0 atom stereocenters. The number of aryl methyl sites for hydroxylation is 1. The van der Waals surface area contributed by atoms with E-state index in [0.29, 0.717) is 22.0 Å². The molecule has 5 nitrogen and oxygen atoms in total. The standard InChI is InChI=1S/C18H14ClFN4O/c1-11-5-6-13(19)7-16(11)24-17(25)12-9-21-18(22-10-12)23-15-4-2-3-14(20)8-15/h2-10H,1H3,(H,24,25)(H,21,22,23). The molecular formula is C18H14ClFN4O. The van der Waals surface area contributed by atoms with Crippen LogP contribution < -0.4 is 10.6 Å². The van der Waals surface area contributed by atoms with E-state index in [1.165, 1.54) is 24.5 Å². The van der Waals surface area contributed by atoms with Gasteiger partial charge in [0.25, 0.3) is 5.91 Å². The molecular weight excluding hydrogens is 343 g/mol. The summed E-state index contributed by atoms with van der Waals surface area (Å²) < 4.78 is 13.2. The highest BCUT2D eigenvalue weighted by Crippen LogP contribution is 2.21. The lowest BCUT2D eigenvalue weighted by atomic mass is 10.2. The molecule has 3 aromatic rings. The normalized spacial score (nSPS) is 10.4. The zero-order valence-corrected chi connectivity index (χ0v) is 14.0. The van der Waals surface area contributed by atoms with Crippen molar-refractivity contribution in [1.29, 1.82) is 0 Å². The Morgan fingerprint density at radius 3 is 2.60 bits per heavy atom. The molecule has 7 heteroatoms. The molecule has 0 bridgehead atoms. The maximum Gasteiger partial charge on any atom is 0.258 e. The summed E-state index contributed by atoms with van der Waals surface area (Å²) in [5.41, 5.74) is 2.33. The molecule has 0 aliphatic rings. The Bertz CT molecular complexity index is 915. The van der Waals surface area contributed by atoms with Crippen molar-refractivity contribution < 1.29 is 9.18 Å². The Labute approximate surface area is 148 Å². The Hall–Kier alpha value is -2.99. The second-order valence-corrected chi connectivity index (χ2v) is 5.78. The van der Waals surface area contributed by atoms with E-state index in [-0.39, 0.29) is 17.7 Å². The number of halogens is 2. The molecule has 25 heavy (non-hydrogen) atoms. The predicted octanol–water partition coefficient (Wildman–Crippen LogP) is 4.57. The van der Waals surface area contributed by atoms with E-state index >= 15 is 0 Å². The predicted molar refractivity (Wildman–Crippen MR) is 95.9 cm³/mol. The molecule has 2 aromatic carbocycles. The minimum atomic E-state index is -0.363. The van der Waals surface area contributed by atoms with Gasteiger partial charge in [-0.3, -0.25) is 4.79 Å². The average molecular weight is 357 g/mol. The SMILES string of the molecule is Cc1ccc(Cl)cc1NC(=O)c1cnc(Nc2cccc(F)c2)nc1. The molecule has 1 amide bonds. The first-order chi connectivity index (χ1) is 12.0. The molecule has 126 valence electrons. The third kappa shape index (κ3) is 4.30. The molecule has 0 unspecified atom stereocenters. The van der Waals surface area contributed by atoms with E-state index in [1.54, 1.807) is 24.3 Å². The van der Waals surface area contributed by atoms with Crippen LogP contribution >= 0.6 is 11.6 Å². The summed E-state index contributed by atoms with van der Waals surface area (Å²) in [5.74, 6) is -0.443. The van der Waals surface area contributed by atoms with Gasteiger partial charge in [0.05, 0.1) is 5.56 Å². The van der Waals surface area contributed by atoms with E-state index in [0.717, 1.165) is 5.56 Å². The van der Waals surface area contributed by atoms with Gasteiger partial charge in [0.15, 0.2) is 0 Å². The number of anilines is 3. The van der Waals surface area contributed by atoms with Gasteiger partial charge in [-0.25, -0.2) is 14.4 Å². The minimum absolute atomic E-state index is 0.265. The molecule has 0 spiro atoms. The summed E-state index contributed by atoms with van der Waals surface area (Å²) in [6.45, 7) is 1.87. The van der Waals surface area contributed by atoms with Crippen LogP contribution in [0.1, 0.15) is 15.9 Å². The highest BCUT2D eigenvalue weighted by atomic mass is 35.5. The molecule has 0 aliphatic carbocycles. The molecule has 0 radical (unpaired) electrons. The van der Waals surface area contributed by atoms with E-state index in [4.69, 9.17) is 11.6 Å². The maximum absolute atomic E-state index is 13.2. The highest BCUT2D eigenvalue weighted by molar-refractivity contribution is 6.31. The summed E-state index contributed by atoms with van der Waals surface area (Å²) in [7, 11) is 0. The third-order valence-electron chi connectivity index (χ3n) is 3.44. The molecule has 0 fully saturated rings. The van der Waals surface area contributed by atoms with Crippen LogP contribution in [0.5, 0.6) is 0 Å². The maximum atomic E-state index is 13.2. The van der Waals surface area contributed by atoms with Crippen LogP contribution in [0.4, 0.5) is 21.7 Å². The van der Waals surface area contributed by atoms with Crippen LogP contribution in [-0.4, -0.2) is 15.9 Å². The van der Waals surface area contributed by atoms with E-state index in [9.17, 15) is 9.18 Å². The minimum Gasteiger partial charge on any atom is -0.324 e.